The Hall–Kier alpha value is -1.51. The first-order valence-electron chi connectivity index (χ1n) is 4.26. The number of amides is 1. The average Bonchev–Trinajstić information content (AvgIpc) is 2.15. The quantitative estimate of drug-likeness (QED) is 0.702. The molecule has 13 heavy (non-hydrogen) atoms. The minimum atomic E-state index is -0.250. The fourth-order valence-electron chi connectivity index (χ4n) is 1.13. The molecule has 3 nitrogen and oxygen atoms in total. The molecular formula is C10H14N2O. The number of carbonyl (C=O) groups excluding carboxylic acids is 1. The summed E-state index contributed by atoms with van der Waals surface area (Å²) >= 11 is 0. The van der Waals surface area contributed by atoms with Crippen LogP contribution in [0.1, 0.15) is 12.8 Å². The molecule has 0 aromatic heterocycles. The zero-order chi connectivity index (χ0) is 9.68. The summed E-state index contributed by atoms with van der Waals surface area (Å²) in [6.45, 7) is 4.48. The lowest BCUT2D eigenvalue weighted by molar-refractivity contribution is -0.117. The number of carbonyl (C=O) groups is 1. The summed E-state index contributed by atoms with van der Waals surface area (Å²) in [7, 11) is 0. The van der Waals surface area contributed by atoms with E-state index in [4.69, 9.17) is 5.73 Å². The van der Waals surface area contributed by atoms with Crippen molar-refractivity contribution in [1.29, 1.82) is 0 Å². The van der Waals surface area contributed by atoms with Crippen LogP contribution in [-0.4, -0.2) is 17.4 Å². The number of nitrogens with zero attached hydrogens (tertiary/aromatic N) is 1. The van der Waals surface area contributed by atoms with Gasteiger partial charge in [-0.25, -0.2) is 0 Å². The molecule has 3 heteroatoms. The SMILES string of the molecule is C=CN1C=CC(CCC(N)=O)=CC1. The van der Waals surface area contributed by atoms with Crippen LogP contribution in [0.25, 0.3) is 0 Å². The monoisotopic (exact) mass is 178 g/mol. The van der Waals surface area contributed by atoms with Crippen molar-refractivity contribution in [1.82, 2.24) is 4.90 Å². The van der Waals surface area contributed by atoms with Crippen LogP contribution in [0.3, 0.4) is 0 Å². The summed E-state index contributed by atoms with van der Waals surface area (Å²) in [5.41, 5.74) is 6.21. The maximum Gasteiger partial charge on any atom is 0.217 e. The highest BCUT2D eigenvalue weighted by molar-refractivity contribution is 5.74. The molecule has 2 N–H and O–H groups in total. The second-order valence-corrected chi connectivity index (χ2v) is 2.94. The number of rotatable bonds is 4. The molecule has 0 saturated heterocycles. The van der Waals surface area contributed by atoms with E-state index in [1.165, 1.54) is 0 Å². The first-order chi connectivity index (χ1) is 6.22. The van der Waals surface area contributed by atoms with Crippen molar-refractivity contribution in [3.63, 3.8) is 0 Å². The Balaban J connectivity index is 2.39. The molecule has 0 aliphatic carbocycles. The maximum absolute atomic E-state index is 10.5. The van der Waals surface area contributed by atoms with Crippen molar-refractivity contribution in [3.8, 4) is 0 Å². The molecule has 70 valence electrons. The molecule has 1 amide bonds. The van der Waals surface area contributed by atoms with Crippen LogP contribution >= 0.6 is 0 Å². The van der Waals surface area contributed by atoms with E-state index in [1.807, 2.05) is 17.2 Å². The predicted molar refractivity (Wildman–Crippen MR) is 52.6 cm³/mol. The smallest absolute Gasteiger partial charge is 0.217 e. The van der Waals surface area contributed by atoms with Crippen LogP contribution in [0.2, 0.25) is 0 Å². The highest BCUT2D eigenvalue weighted by Crippen LogP contribution is 2.12. The standard InChI is InChI=1S/C10H14N2O/c1-2-12-7-5-9(6-8-12)3-4-10(11)13/h2,5-7H,1,3-4,8H2,(H2,11,13). The summed E-state index contributed by atoms with van der Waals surface area (Å²) < 4.78 is 0. The molecule has 0 bridgehead atoms. The third-order valence-corrected chi connectivity index (χ3v) is 1.94. The van der Waals surface area contributed by atoms with Gasteiger partial charge < -0.3 is 10.6 Å². The minimum absolute atomic E-state index is 0.250. The van der Waals surface area contributed by atoms with Crippen LogP contribution in [0.4, 0.5) is 0 Å². The molecule has 0 aromatic carbocycles. The van der Waals surface area contributed by atoms with Gasteiger partial charge >= 0.3 is 0 Å². The van der Waals surface area contributed by atoms with Gasteiger partial charge in [-0.15, -0.1) is 0 Å². The first-order valence-corrected chi connectivity index (χ1v) is 4.26. The molecule has 1 aliphatic heterocycles. The second-order valence-electron chi connectivity index (χ2n) is 2.94. The van der Waals surface area contributed by atoms with E-state index < -0.39 is 0 Å². The van der Waals surface area contributed by atoms with Crippen LogP contribution < -0.4 is 5.73 Å². The molecule has 0 radical (unpaired) electrons. The van der Waals surface area contributed by atoms with E-state index in [9.17, 15) is 4.79 Å². The van der Waals surface area contributed by atoms with Gasteiger partial charge in [0.25, 0.3) is 0 Å². The van der Waals surface area contributed by atoms with Crippen LogP contribution in [-0.2, 0) is 4.79 Å². The van der Waals surface area contributed by atoms with Crippen molar-refractivity contribution in [2.45, 2.75) is 12.8 Å². The Morgan fingerprint density at radius 1 is 1.77 bits per heavy atom. The molecular weight excluding hydrogens is 164 g/mol. The van der Waals surface area contributed by atoms with E-state index in [-0.39, 0.29) is 5.91 Å². The normalized spacial score (nSPS) is 15.4. The van der Waals surface area contributed by atoms with Crippen LogP contribution in [0.15, 0.2) is 36.7 Å². The average molecular weight is 178 g/mol. The molecule has 0 fully saturated rings. The van der Waals surface area contributed by atoms with Crippen molar-refractivity contribution < 1.29 is 4.79 Å². The number of primary amides is 1. The van der Waals surface area contributed by atoms with Crippen LogP contribution in [0, 0.1) is 0 Å². The van der Waals surface area contributed by atoms with Crippen molar-refractivity contribution in [2.24, 2.45) is 5.73 Å². The van der Waals surface area contributed by atoms with E-state index in [2.05, 4.69) is 12.7 Å². The van der Waals surface area contributed by atoms with E-state index in [0.29, 0.717) is 6.42 Å². The fraction of sp³-hybridized carbons (Fsp3) is 0.300. The van der Waals surface area contributed by atoms with Gasteiger partial charge in [-0.05, 0) is 24.3 Å². The number of allylic oxidation sites excluding steroid dienone is 2. The lowest BCUT2D eigenvalue weighted by Gasteiger charge is -2.17. The second kappa shape index (κ2) is 4.50. The Bertz CT molecular complexity index is 266. The summed E-state index contributed by atoms with van der Waals surface area (Å²) in [4.78, 5) is 12.5. The summed E-state index contributed by atoms with van der Waals surface area (Å²) in [6.07, 6.45) is 8.92. The molecule has 1 rings (SSSR count). The molecule has 0 saturated carbocycles. The van der Waals surface area contributed by atoms with Crippen LogP contribution in [0.5, 0.6) is 0 Å². The third kappa shape index (κ3) is 3.15. The fourth-order valence-corrected chi connectivity index (χ4v) is 1.13. The van der Waals surface area contributed by atoms with Gasteiger partial charge in [0.2, 0.25) is 5.91 Å². The molecule has 0 aromatic rings. The van der Waals surface area contributed by atoms with Crippen molar-refractivity contribution >= 4 is 5.91 Å². The lowest BCUT2D eigenvalue weighted by atomic mass is 10.1. The van der Waals surface area contributed by atoms with E-state index >= 15 is 0 Å². The number of hydrogen-bond donors (Lipinski definition) is 1. The Labute approximate surface area is 78.2 Å². The van der Waals surface area contributed by atoms with Crippen molar-refractivity contribution in [3.05, 3.63) is 36.7 Å². The third-order valence-electron chi connectivity index (χ3n) is 1.94. The highest BCUT2D eigenvalue weighted by Gasteiger charge is 2.02. The van der Waals surface area contributed by atoms with Gasteiger partial charge in [0, 0.05) is 19.2 Å². The molecule has 0 atom stereocenters. The zero-order valence-corrected chi connectivity index (χ0v) is 7.57. The van der Waals surface area contributed by atoms with E-state index in [1.54, 1.807) is 6.20 Å². The van der Waals surface area contributed by atoms with Gasteiger partial charge in [-0.3, -0.25) is 4.79 Å². The topological polar surface area (TPSA) is 46.3 Å². The van der Waals surface area contributed by atoms with E-state index in [0.717, 1.165) is 18.5 Å². The van der Waals surface area contributed by atoms with Gasteiger partial charge in [0.05, 0.1) is 0 Å². The first kappa shape index (κ1) is 9.58. The van der Waals surface area contributed by atoms with Crippen molar-refractivity contribution in [2.75, 3.05) is 6.54 Å². The zero-order valence-electron chi connectivity index (χ0n) is 7.57. The molecule has 0 unspecified atom stereocenters. The lowest BCUT2D eigenvalue weighted by Crippen LogP contribution is -2.14. The Morgan fingerprint density at radius 3 is 3.00 bits per heavy atom. The van der Waals surface area contributed by atoms with Gasteiger partial charge in [0.1, 0.15) is 0 Å². The number of nitrogens with two attached hydrogens (primary N) is 1. The highest BCUT2D eigenvalue weighted by atomic mass is 16.1. The minimum Gasteiger partial charge on any atom is -0.370 e. The Kier molecular flexibility index (Phi) is 3.31. The van der Waals surface area contributed by atoms with Gasteiger partial charge in [-0.1, -0.05) is 12.7 Å². The van der Waals surface area contributed by atoms with Gasteiger partial charge in [0.15, 0.2) is 0 Å². The Morgan fingerprint density at radius 2 is 2.54 bits per heavy atom. The van der Waals surface area contributed by atoms with Gasteiger partial charge in [-0.2, -0.15) is 0 Å². The molecule has 1 aliphatic rings. The predicted octanol–water partition coefficient (Wildman–Crippen LogP) is 1.15. The molecule has 0 spiro atoms. The summed E-state index contributed by atoms with van der Waals surface area (Å²) in [5, 5.41) is 0. The largest absolute Gasteiger partial charge is 0.370 e. The number of hydrogen-bond acceptors (Lipinski definition) is 2. The summed E-state index contributed by atoms with van der Waals surface area (Å²) in [5.74, 6) is -0.250. The maximum atomic E-state index is 10.5. The summed E-state index contributed by atoms with van der Waals surface area (Å²) in [6, 6.07) is 0. The molecule has 1 heterocycles.